The first-order valence-electron chi connectivity index (χ1n) is 11.4. The Morgan fingerprint density at radius 1 is 1.21 bits per heavy atom. The Hall–Kier alpha value is -3.36. The Morgan fingerprint density at radius 2 is 2.00 bits per heavy atom. The van der Waals surface area contributed by atoms with Crippen LogP contribution in [0.15, 0.2) is 61.2 Å². The van der Waals surface area contributed by atoms with Gasteiger partial charge in [0.25, 0.3) is 0 Å². The second kappa shape index (κ2) is 10.7. The molecule has 8 nitrogen and oxygen atoms in total. The Balaban J connectivity index is 1.63. The average molecular weight is 468 g/mol. The van der Waals surface area contributed by atoms with Crippen LogP contribution in [0, 0.1) is 0 Å². The molecule has 34 heavy (non-hydrogen) atoms. The second-order valence-corrected chi connectivity index (χ2v) is 8.21. The van der Waals surface area contributed by atoms with Crippen molar-refractivity contribution in [2.45, 2.75) is 50.7 Å². The summed E-state index contributed by atoms with van der Waals surface area (Å²) in [4.78, 5) is 26.5. The molecule has 2 aromatic carbocycles. The van der Waals surface area contributed by atoms with Crippen molar-refractivity contribution >= 4 is 17.7 Å². The first-order chi connectivity index (χ1) is 16.5. The van der Waals surface area contributed by atoms with Gasteiger partial charge in [-0.25, -0.2) is 4.79 Å². The molecule has 1 saturated heterocycles. The summed E-state index contributed by atoms with van der Waals surface area (Å²) in [5.74, 6) is 0.187. The number of rotatable bonds is 8. The topological polar surface area (TPSA) is 94.5 Å². The number of carbonyl (C=O) groups is 2. The summed E-state index contributed by atoms with van der Waals surface area (Å²) < 4.78 is 22.5. The van der Waals surface area contributed by atoms with Gasteiger partial charge < -0.3 is 24.1 Å². The van der Waals surface area contributed by atoms with Gasteiger partial charge in [-0.1, -0.05) is 43.0 Å². The number of benzene rings is 2. The number of ether oxygens (including phenoxy) is 4. The Bertz CT molecular complexity index is 1030. The van der Waals surface area contributed by atoms with E-state index in [9.17, 15) is 14.7 Å². The van der Waals surface area contributed by atoms with Crippen molar-refractivity contribution in [1.29, 1.82) is 0 Å². The number of carbonyl (C=O) groups excluding carboxylic acids is 2. The SMILES string of the molecule is C=CCOC(=O)N1c2ccc(OCc3ccccc3)cc2[C@H]2O[C@H](CC(=O)OCC)C[C@H]1[C@@H]2O. The highest BCUT2D eigenvalue weighted by Gasteiger charge is 2.49. The molecule has 8 heteroatoms. The van der Waals surface area contributed by atoms with Crippen molar-refractivity contribution in [2.75, 3.05) is 18.1 Å². The maximum Gasteiger partial charge on any atom is 0.414 e. The van der Waals surface area contributed by atoms with Crippen LogP contribution in [0.25, 0.3) is 0 Å². The normalized spacial score (nSPS) is 22.9. The predicted molar refractivity (Wildman–Crippen MR) is 125 cm³/mol. The number of hydrogen-bond donors (Lipinski definition) is 1. The third-order valence-electron chi connectivity index (χ3n) is 5.91. The minimum atomic E-state index is -0.994. The van der Waals surface area contributed by atoms with Crippen LogP contribution in [0.2, 0.25) is 0 Å². The van der Waals surface area contributed by atoms with Crippen molar-refractivity contribution in [3.05, 3.63) is 72.3 Å². The Morgan fingerprint density at radius 3 is 2.74 bits per heavy atom. The molecule has 2 heterocycles. The van der Waals surface area contributed by atoms with E-state index < -0.39 is 30.4 Å². The maximum atomic E-state index is 13.0. The van der Waals surface area contributed by atoms with Gasteiger partial charge in [-0.05, 0) is 37.1 Å². The molecule has 0 aromatic heterocycles. The Labute approximate surface area is 198 Å². The van der Waals surface area contributed by atoms with Gasteiger partial charge in [-0.3, -0.25) is 9.69 Å². The summed E-state index contributed by atoms with van der Waals surface area (Å²) in [7, 11) is 0. The molecule has 1 amide bonds. The highest BCUT2D eigenvalue weighted by molar-refractivity contribution is 5.91. The van der Waals surface area contributed by atoms with E-state index in [0.29, 0.717) is 23.6 Å². The fourth-order valence-corrected chi connectivity index (χ4v) is 4.43. The lowest BCUT2D eigenvalue weighted by atomic mass is 9.84. The Kier molecular flexibility index (Phi) is 7.49. The number of hydrogen-bond acceptors (Lipinski definition) is 7. The van der Waals surface area contributed by atoms with Crippen LogP contribution in [0.1, 0.15) is 37.0 Å². The van der Waals surface area contributed by atoms with Crippen LogP contribution in [0.3, 0.4) is 0 Å². The number of anilines is 1. The van der Waals surface area contributed by atoms with Crippen molar-refractivity contribution in [1.82, 2.24) is 0 Å². The van der Waals surface area contributed by atoms with Crippen LogP contribution < -0.4 is 9.64 Å². The minimum Gasteiger partial charge on any atom is -0.489 e. The highest BCUT2D eigenvalue weighted by atomic mass is 16.6. The molecular weight excluding hydrogens is 438 g/mol. The van der Waals surface area contributed by atoms with E-state index in [1.807, 2.05) is 30.3 Å². The fourth-order valence-electron chi connectivity index (χ4n) is 4.43. The first kappa shape index (κ1) is 23.8. The molecule has 0 spiro atoms. The molecular formula is C26H29NO7. The van der Waals surface area contributed by atoms with Crippen molar-refractivity contribution in [3.63, 3.8) is 0 Å². The minimum absolute atomic E-state index is 0.0304. The van der Waals surface area contributed by atoms with E-state index in [2.05, 4.69) is 6.58 Å². The quantitative estimate of drug-likeness (QED) is 0.464. The van der Waals surface area contributed by atoms with Crippen LogP contribution in [-0.4, -0.2) is 48.6 Å². The van der Waals surface area contributed by atoms with Crippen LogP contribution in [0.4, 0.5) is 10.5 Å². The van der Waals surface area contributed by atoms with Gasteiger partial charge in [0.05, 0.1) is 30.9 Å². The molecule has 180 valence electrons. The van der Waals surface area contributed by atoms with Gasteiger partial charge in [-0.2, -0.15) is 0 Å². The zero-order valence-corrected chi connectivity index (χ0v) is 19.1. The summed E-state index contributed by atoms with van der Waals surface area (Å²) in [5, 5.41) is 11.1. The smallest absolute Gasteiger partial charge is 0.414 e. The maximum absolute atomic E-state index is 13.0. The van der Waals surface area contributed by atoms with E-state index in [0.717, 1.165) is 5.56 Å². The van der Waals surface area contributed by atoms with Crippen LogP contribution >= 0.6 is 0 Å². The van der Waals surface area contributed by atoms with Gasteiger partial charge in [-0.15, -0.1) is 0 Å². The van der Waals surface area contributed by atoms with Crippen LogP contribution in [0.5, 0.6) is 5.75 Å². The molecule has 4 atom stereocenters. The molecule has 0 radical (unpaired) electrons. The molecule has 2 aromatic rings. The number of aliphatic hydroxyl groups excluding tert-OH is 1. The van der Waals surface area contributed by atoms with Crippen LogP contribution in [-0.2, 0) is 25.6 Å². The van der Waals surface area contributed by atoms with Crippen molar-refractivity contribution in [2.24, 2.45) is 0 Å². The molecule has 0 aliphatic carbocycles. The highest BCUT2D eigenvalue weighted by Crippen LogP contribution is 2.47. The zero-order chi connectivity index (χ0) is 24.1. The van der Waals surface area contributed by atoms with Crippen molar-refractivity contribution in [3.8, 4) is 5.75 Å². The molecule has 1 fully saturated rings. The summed E-state index contributed by atoms with van der Waals surface area (Å²) in [6.45, 7) is 6.00. The molecule has 2 bridgehead atoms. The van der Waals surface area contributed by atoms with Gasteiger partial charge in [0.2, 0.25) is 0 Å². The average Bonchev–Trinajstić information content (AvgIpc) is 2.83. The standard InChI is InChI=1S/C26H29NO7/c1-3-12-32-26(30)27-21-11-10-18(33-16-17-8-6-5-7-9-17)13-20(21)25-24(29)22(27)14-19(34-25)15-23(28)31-4-2/h3,5-11,13,19,22,24-25,29H,1,4,12,14-16H2,2H3/t19-,22-,24-,25+/m0/s1. The summed E-state index contributed by atoms with van der Waals surface area (Å²) in [5.41, 5.74) is 2.19. The third kappa shape index (κ3) is 5.08. The number of aliphatic hydroxyl groups is 1. The first-order valence-corrected chi connectivity index (χ1v) is 11.4. The van der Waals surface area contributed by atoms with Gasteiger partial charge in [0.15, 0.2) is 0 Å². The molecule has 2 aliphatic rings. The summed E-state index contributed by atoms with van der Waals surface area (Å²) in [6, 6.07) is 14.4. The van der Waals surface area contributed by atoms with E-state index >= 15 is 0 Å². The van der Waals surface area contributed by atoms with Gasteiger partial charge >= 0.3 is 12.1 Å². The molecule has 4 rings (SSSR count). The van der Waals surface area contributed by atoms with E-state index in [1.54, 1.807) is 25.1 Å². The molecule has 2 aliphatic heterocycles. The number of fused-ring (bicyclic) bond motifs is 4. The van der Waals surface area contributed by atoms with E-state index in [4.69, 9.17) is 18.9 Å². The lowest BCUT2D eigenvalue weighted by Gasteiger charge is -2.48. The van der Waals surface area contributed by atoms with Crippen molar-refractivity contribution < 1.29 is 33.6 Å². The largest absolute Gasteiger partial charge is 0.489 e. The number of esters is 1. The monoisotopic (exact) mass is 467 g/mol. The fraction of sp³-hybridized carbons (Fsp3) is 0.385. The van der Waals surface area contributed by atoms with Gasteiger partial charge in [0, 0.05) is 5.56 Å². The lowest BCUT2D eigenvalue weighted by molar-refractivity contribution is -0.160. The third-order valence-corrected chi connectivity index (χ3v) is 5.91. The number of nitrogens with zero attached hydrogens (tertiary/aromatic N) is 1. The predicted octanol–water partition coefficient (Wildman–Crippen LogP) is 3.92. The summed E-state index contributed by atoms with van der Waals surface area (Å²) >= 11 is 0. The second-order valence-electron chi connectivity index (χ2n) is 8.21. The zero-order valence-electron chi connectivity index (χ0n) is 19.1. The van der Waals surface area contributed by atoms with Gasteiger partial charge in [0.1, 0.15) is 31.2 Å². The molecule has 0 saturated carbocycles. The lowest BCUT2D eigenvalue weighted by Crippen LogP contribution is -2.58. The van der Waals surface area contributed by atoms with E-state index in [-0.39, 0.29) is 32.0 Å². The molecule has 0 unspecified atom stereocenters. The summed E-state index contributed by atoms with van der Waals surface area (Å²) in [6.07, 6.45) is -1.06. The molecule has 1 N–H and O–H groups in total. The van der Waals surface area contributed by atoms with E-state index in [1.165, 1.54) is 11.0 Å². The number of amides is 1.